The number of rotatable bonds is 9. The Kier molecular flexibility index (Phi) is 8.16. The van der Waals surface area contributed by atoms with Crippen LogP contribution in [0.4, 0.5) is 0 Å². The average molecular weight is 419 g/mol. The highest BCUT2D eigenvalue weighted by Gasteiger charge is 2.52. The van der Waals surface area contributed by atoms with Gasteiger partial charge in [-0.2, -0.15) is 0 Å². The van der Waals surface area contributed by atoms with Gasteiger partial charge in [0.15, 0.2) is 5.78 Å². The Balaban J connectivity index is 2.25. The van der Waals surface area contributed by atoms with E-state index in [2.05, 4.69) is 13.8 Å². The molecule has 1 fully saturated rings. The smallest absolute Gasteiger partial charge is 0.333 e. The van der Waals surface area contributed by atoms with E-state index in [1.165, 1.54) is 6.08 Å². The zero-order chi connectivity index (χ0) is 22.5. The van der Waals surface area contributed by atoms with Crippen LogP contribution in [-0.4, -0.2) is 35.2 Å². The van der Waals surface area contributed by atoms with E-state index < -0.39 is 35.3 Å². The number of esters is 1. The summed E-state index contributed by atoms with van der Waals surface area (Å²) in [6.07, 6.45) is 7.72. The Hall–Kier alpha value is -2.24. The fraction of sp³-hybridized carbons (Fsp3) is 0.667. The summed E-state index contributed by atoms with van der Waals surface area (Å²) in [5, 5.41) is 9.75. The fourth-order valence-electron chi connectivity index (χ4n) is 4.92. The molecule has 30 heavy (non-hydrogen) atoms. The van der Waals surface area contributed by atoms with Gasteiger partial charge < -0.3 is 14.6 Å². The number of ether oxygens (including phenoxy) is 1. The van der Waals surface area contributed by atoms with Crippen LogP contribution in [0.1, 0.15) is 72.6 Å². The molecule has 0 bridgehead atoms. The summed E-state index contributed by atoms with van der Waals surface area (Å²) in [4.78, 5) is 48.1. The zero-order valence-electron chi connectivity index (χ0n) is 18.5. The molecule has 1 N–H and O–H groups in total. The van der Waals surface area contributed by atoms with Crippen LogP contribution in [0.25, 0.3) is 0 Å². The first-order valence-corrected chi connectivity index (χ1v) is 11.0. The highest BCUT2D eigenvalue weighted by molar-refractivity contribution is 5.96. The van der Waals surface area contributed by atoms with Gasteiger partial charge in [0.25, 0.3) is 0 Å². The van der Waals surface area contributed by atoms with E-state index in [0.29, 0.717) is 30.3 Å². The minimum atomic E-state index is -0.923. The largest absolute Gasteiger partial charge is 0.481 e. The molecule has 0 heterocycles. The molecule has 0 unspecified atom stereocenters. The number of carboxylic acid groups (broad SMARTS) is 1. The summed E-state index contributed by atoms with van der Waals surface area (Å²) >= 11 is 0. The van der Waals surface area contributed by atoms with E-state index in [1.54, 1.807) is 6.92 Å². The summed E-state index contributed by atoms with van der Waals surface area (Å²) in [5.74, 6) is -2.47. The molecule has 6 heteroatoms. The third-order valence-electron chi connectivity index (χ3n) is 6.66. The SMILES string of the molecule is CCCC[C@@H](C)/C=C(\C)C(=O)O[C@@H]1CC[C@H](C(=O)O)[C@@]2(C)C[C@@H](CC=O)C(=O)C=C12. The average Bonchev–Trinajstić information content (AvgIpc) is 2.67. The number of carboxylic acids is 1. The molecule has 0 aromatic rings. The lowest BCUT2D eigenvalue weighted by Gasteiger charge is -2.48. The van der Waals surface area contributed by atoms with Crippen molar-refractivity contribution in [1.82, 2.24) is 0 Å². The van der Waals surface area contributed by atoms with Crippen LogP contribution in [0.15, 0.2) is 23.3 Å². The number of aldehydes is 1. The number of ketones is 1. The molecule has 2 aliphatic carbocycles. The number of carbonyl (C=O) groups excluding carboxylic acids is 3. The second kappa shape index (κ2) is 10.2. The van der Waals surface area contributed by atoms with Crippen molar-refractivity contribution in [2.45, 2.75) is 78.7 Å². The van der Waals surface area contributed by atoms with Crippen molar-refractivity contribution < 1.29 is 29.0 Å². The van der Waals surface area contributed by atoms with Gasteiger partial charge in [-0.15, -0.1) is 0 Å². The Morgan fingerprint density at radius 1 is 1.37 bits per heavy atom. The Morgan fingerprint density at radius 3 is 2.67 bits per heavy atom. The molecule has 0 aromatic heterocycles. The van der Waals surface area contributed by atoms with Gasteiger partial charge in [-0.25, -0.2) is 4.79 Å². The van der Waals surface area contributed by atoms with Gasteiger partial charge in [0.2, 0.25) is 0 Å². The molecule has 1 saturated carbocycles. The lowest BCUT2D eigenvalue weighted by Crippen LogP contribution is -2.48. The van der Waals surface area contributed by atoms with Gasteiger partial charge in [-0.3, -0.25) is 9.59 Å². The first-order chi connectivity index (χ1) is 14.1. The number of aliphatic carboxylic acids is 1. The van der Waals surface area contributed by atoms with Crippen molar-refractivity contribution in [2.24, 2.45) is 23.2 Å². The van der Waals surface area contributed by atoms with E-state index in [9.17, 15) is 24.3 Å². The van der Waals surface area contributed by atoms with E-state index in [-0.39, 0.29) is 24.5 Å². The van der Waals surface area contributed by atoms with Crippen LogP contribution in [0.5, 0.6) is 0 Å². The van der Waals surface area contributed by atoms with Crippen molar-refractivity contribution >= 4 is 24.0 Å². The lowest BCUT2D eigenvalue weighted by atomic mass is 9.56. The maximum atomic E-state index is 12.7. The number of unbranched alkanes of at least 4 members (excludes halogenated alkanes) is 1. The van der Waals surface area contributed by atoms with Gasteiger partial charge >= 0.3 is 11.9 Å². The Morgan fingerprint density at radius 2 is 2.07 bits per heavy atom. The summed E-state index contributed by atoms with van der Waals surface area (Å²) in [6.45, 7) is 7.74. The summed E-state index contributed by atoms with van der Waals surface area (Å²) in [7, 11) is 0. The molecule has 2 rings (SSSR count). The molecule has 6 nitrogen and oxygen atoms in total. The molecule has 0 saturated heterocycles. The van der Waals surface area contributed by atoms with Gasteiger partial charge in [-0.1, -0.05) is 39.7 Å². The van der Waals surface area contributed by atoms with E-state index in [1.807, 2.05) is 13.0 Å². The highest BCUT2D eigenvalue weighted by Crippen LogP contribution is 2.52. The standard InChI is InChI=1S/C24H34O6/c1-5-6-7-15(2)12-16(3)23(29)30-21-9-8-18(22(27)28)24(4)14-17(10-11-25)20(26)13-19(21)24/h11-13,15,17-18,21H,5-10,14H2,1-4H3,(H,27,28)/b16-12+/t15-,17-,18-,21-,24-/m1/s1. The van der Waals surface area contributed by atoms with Gasteiger partial charge in [-0.05, 0) is 50.2 Å². The number of carbonyl (C=O) groups is 4. The highest BCUT2D eigenvalue weighted by atomic mass is 16.5. The predicted molar refractivity (Wildman–Crippen MR) is 113 cm³/mol. The molecular formula is C24H34O6. The van der Waals surface area contributed by atoms with Gasteiger partial charge in [0, 0.05) is 23.3 Å². The van der Waals surface area contributed by atoms with Crippen molar-refractivity contribution in [2.75, 3.05) is 0 Å². The molecule has 2 aliphatic rings. The van der Waals surface area contributed by atoms with Gasteiger partial charge in [0.05, 0.1) is 5.92 Å². The topological polar surface area (TPSA) is 97.7 Å². The molecule has 0 spiro atoms. The normalized spacial score (nSPS) is 30.1. The Labute approximate surface area is 178 Å². The quantitative estimate of drug-likeness (QED) is 0.341. The van der Waals surface area contributed by atoms with Crippen molar-refractivity contribution in [3.05, 3.63) is 23.3 Å². The maximum absolute atomic E-state index is 12.7. The first kappa shape index (κ1) is 24.0. The molecule has 166 valence electrons. The summed E-state index contributed by atoms with van der Waals surface area (Å²) < 4.78 is 5.77. The molecular weight excluding hydrogens is 384 g/mol. The van der Waals surface area contributed by atoms with Crippen molar-refractivity contribution in [3.8, 4) is 0 Å². The molecule has 0 radical (unpaired) electrons. The predicted octanol–water partition coefficient (Wildman–Crippen LogP) is 4.28. The molecule has 0 aliphatic heterocycles. The van der Waals surface area contributed by atoms with Crippen LogP contribution in [0.2, 0.25) is 0 Å². The maximum Gasteiger partial charge on any atom is 0.333 e. The molecule has 0 aromatic carbocycles. The summed E-state index contributed by atoms with van der Waals surface area (Å²) in [6, 6.07) is 0. The monoisotopic (exact) mass is 418 g/mol. The third-order valence-corrected chi connectivity index (χ3v) is 6.66. The Bertz CT molecular complexity index is 749. The van der Waals surface area contributed by atoms with Crippen LogP contribution >= 0.6 is 0 Å². The number of hydrogen-bond acceptors (Lipinski definition) is 5. The summed E-state index contributed by atoms with van der Waals surface area (Å²) in [5.41, 5.74) is 0.290. The minimum Gasteiger partial charge on any atom is -0.481 e. The number of allylic oxidation sites excluding steroid dienone is 2. The third kappa shape index (κ3) is 5.27. The van der Waals surface area contributed by atoms with E-state index in [4.69, 9.17) is 4.74 Å². The number of hydrogen-bond donors (Lipinski definition) is 1. The van der Waals surface area contributed by atoms with Crippen molar-refractivity contribution in [3.63, 3.8) is 0 Å². The zero-order valence-corrected chi connectivity index (χ0v) is 18.5. The van der Waals surface area contributed by atoms with Crippen LogP contribution < -0.4 is 0 Å². The molecule has 0 amide bonds. The number of fused-ring (bicyclic) bond motifs is 1. The first-order valence-electron chi connectivity index (χ1n) is 11.0. The second-order valence-corrected chi connectivity index (χ2v) is 9.05. The second-order valence-electron chi connectivity index (χ2n) is 9.05. The van der Waals surface area contributed by atoms with Crippen LogP contribution in [0, 0.1) is 23.2 Å². The van der Waals surface area contributed by atoms with Crippen LogP contribution in [0.3, 0.4) is 0 Å². The van der Waals surface area contributed by atoms with Gasteiger partial charge in [0.1, 0.15) is 12.4 Å². The van der Waals surface area contributed by atoms with Crippen LogP contribution in [-0.2, 0) is 23.9 Å². The molecule has 5 atom stereocenters. The van der Waals surface area contributed by atoms with E-state index >= 15 is 0 Å². The fourth-order valence-corrected chi connectivity index (χ4v) is 4.92. The lowest BCUT2D eigenvalue weighted by molar-refractivity contribution is -0.153. The van der Waals surface area contributed by atoms with E-state index in [0.717, 1.165) is 19.3 Å². The minimum absolute atomic E-state index is 0.0759. The van der Waals surface area contributed by atoms with Crippen molar-refractivity contribution in [1.29, 1.82) is 0 Å².